The van der Waals surface area contributed by atoms with E-state index in [1.54, 1.807) is 18.5 Å². The van der Waals surface area contributed by atoms with Crippen molar-refractivity contribution in [2.45, 2.75) is 43.7 Å². The monoisotopic (exact) mass is 463 g/mol. The summed E-state index contributed by atoms with van der Waals surface area (Å²) in [7, 11) is 0. The maximum Gasteiger partial charge on any atom is 0.416 e. The predicted molar refractivity (Wildman–Crippen MR) is 113 cm³/mol. The predicted octanol–water partition coefficient (Wildman–Crippen LogP) is 4.97. The van der Waals surface area contributed by atoms with Crippen molar-refractivity contribution < 1.29 is 18.0 Å². The summed E-state index contributed by atoms with van der Waals surface area (Å²) in [5, 5.41) is 7.03. The van der Waals surface area contributed by atoms with Gasteiger partial charge >= 0.3 is 6.18 Å². The molecule has 2 aromatic heterocycles. The van der Waals surface area contributed by atoms with E-state index >= 15 is 0 Å². The fourth-order valence-electron chi connectivity index (χ4n) is 4.17. The molecule has 1 N–H and O–H groups in total. The Bertz CT molecular complexity index is 1080. The molecule has 1 fully saturated rings. The second-order valence-electron chi connectivity index (χ2n) is 7.93. The molecule has 168 valence electrons. The van der Waals surface area contributed by atoms with Crippen LogP contribution in [0.5, 0.6) is 0 Å². The highest BCUT2D eigenvalue weighted by molar-refractivity contribution is 6.32. The number of hydrogen-bond donors (Lipinski definition) is 1. The van der Waals surface area contributed by atoms with Crippen LogP contribution in [0.15, 0.2) is 48.9 Å². The molecule has 0 unspecified atom stereocenters. The van der Waals surface area contributed by atoms with Crippen LogP contribution in [0.4, 0.5) is 13.2 Å². The number of aromatic nitrogens is 4. The van der Waals surface area contributed by atoms with E-state index in [0.717, 1.165) is 49.8 Å². The molecule has 10 heteroatoms. The second kappa shape index (κ2) is 8.90. The van der Waals surface area contributed by atoms with Gasteiger partial charge in [0.2, 0.25) is 5.95 Å². The number of benzene rings is 1. The summed E-state index contributed by atoms with van der Waals surface area (Å²) in [4.78, 5) is 21.0. The Morgan fingerprint density at radius 2 is 1.75 bits per heavy atom. The van der Waals surface area contributed by atoms with Gasteiger partial charge in [0.25, 0.3) is 5.91 Å². The zero-order valence-corrected chi connectivity index (χ0v) is 17.8. The van der Waals surface area contributed by atoms with Crippen LogP contribution in [-0.2, 0) is 11.6 Å². The number of carbonyl (C=O) groups is 1. The summed E-state index contributed by atoms with van der Waals surface area (Å²) in [6.07, 6.45) is 4.69. The minimum atomic E-state index is -4.38. The van der Waals surface area contributed by atoms with E-state index in [2.05, 4.69) is 20.4 Å². The van der Waals surface area contributed by atoms with E-state index in [0.29, 0.717) is 6.54 Å². The van der Waals surface area contributed by atoms with Gasteiger partial charge in [0.05, 0.1) is 11.1 Å². The Kier molecular flexibility index (Phi) is 6.19. The summed E-state index contributed by atoms with van der Waals surface area (Å²) in [5.74, 6) is -0.129. The van der Waals surface area contributed by atoms with E-state index < -0.39 is 23.1 Å². The molecule has 0 bridgehead atoms. The molecule has 1 saturated carbocycles. The summed E-state index contributed by atoms with van der Waals surface area (Å²) >= 11 is 6.17. The minimum absolute atomic E-state index is 0.0159. The number of halogens is 4. The Balaban J connectivity index is 1.53. The number of carbonyl (C=O) groups excluding carboxylic acids is 1. The first-order chi connectivity index (χ1) is 15.3. The third-order valence-electron chi connectivity index (χ3n) is 5.89. The molecular formula is C22H21ClF3N5O. The van der Waals surface area contributed by atoms with E-state index in [4.69, 9.17) is 11.6 Å². The van der Waals surface area contributed by atoms with Crippen molar-refractivity contribution in [3.05, 3.63) is 70.8 Å². The molecule has 2 heterocycles. The summed E-state index contributed by atoms with van der Waals surface area (Å²) < 4.78 is 40.2. The lowest BCUT2D eigenvalue weighted by Crippen LogP contribution is -2.42. The van der Waals surface area contributed by atoms with Gasteiger partial charge in [-0.15, -0.1) is 0 Å². The van der Waals surface area contributed by atoms with Crippen molar-refractivity contribution in [1.29, 1.82) is 0 Å². The van der Waals surface area contributed by atoms with Crippen molar-refractivity contribution in [1.82, 2.24) is 25.1 Å². The molecule has 32 heavy (non-hydrogen) atoms. The number of alkyl halides is 3. The summed E-state index contributed by atoms with van der Waals surface area (Å²) in [6.45, 7) is 0.292. The van der Waals surface area contributed by atoms with Gasteiger partial charge in [-0.2, -0.15) is 18.3 Å². The fourth-order valence-corrected chi connectivity index (χ4v) is 4.39. The van der Waals surface area contributed by atoms with Crippen molar-refractivity contribution in [2.24, 2.45) is 0 Å². The molecule has 1 aliphatic rings. The number of hydrogen-bond acceptors (Lipinski definition) is 4. The summed E-state index contributed by atoms with van der Waals surface area (Å²) in [5.41, 5.74) is -0.135. The highest BCUT2D eigenvalue weighted by Gasteiger charge is 2.36. The molecule has 0 spiro atoms. The third kappa shape index (κ3) is 4.62. The van der Waals surface area contributed by atoms with Gasteiger partial charge in [0.1, 0.15) is 0 Å². The lowest BCUT2D eigenvalue weighted by Gasteiger charge is -2.38. The number of rotatable bonds is 5. The zero-order valence-electron chi connectivity index (χ0n) is 17.1. The fraction of sp³-hybridized carbons (Fsp3) is 0.364. The second-order valence-corrected chi connectivity index (χ2v) is 8.28. The van der Waals surface area contributed by atoms with Crippen LogP contribution in [0.3, 0.4) is 0 Å². The highest BCUT2D eigenvalue weighted by Crippen LogP contribution is 2.40. The molecule has 0 aliphatic heterocycles. The maximum atomic E-state index is 13.0. The summed E-state index contributed by atoms with van der Waals surface area (Å²) in [6, 6.07) is 6.92. The molecule has 3 aromatic rings. The number of nitrogens with one attached hydrogen (secondary N) is 1. The highest BCUT2D eigenvalue weighted by atomic mass is 35.5. The average molecular weight is 464 g/mol. The van der Waals surface area contributed by atoms with Crippen LogP contribution >= 0.6 is 11.6 Å². The normalized spacial score (nSPS) is 16.0. The first-order valence-corrected chi connectivity index (χ1v) is 10.6. The van der Waals surface area contributed by atoms with Crippen molar-refractivity contribution in [3.63, 3.8) is 0 Å². The number of nitrogens with zero attached hydrogens (tertiary/aromatic N) is 4. The first-order valence-electron chi connectivity index (χ1n) is 10.3. The molecule has 1 aliphatic carbocycles. The lowest BCUT2D eigenvalue weighted by molar-refractivity contribution is -0.137. The van der Waals surface area contributed by atoms with Crippen molar-refractivity contribution in [2.75, 3.05) is 6.54 Å². The molecule has 4 rings (SSSR count). The van der Waals surface area contributed by atoms with Gasteiger partial charge in [0.15, 0.2) is 5.15 Å². The van der Waals surface area contributed by atoms with Crippen LogP contribution < -0.4 is 5.32 Å². The molecular weight excluding hydrogens is 443 g/mol. The van der Waals surface area contributed by atoms with E-state index in [-0.39, 0.29) is 16.7 Å². The topological polar surface area (TPSA) is 72.7 Å². The van der Waals surface area contributed by atoms with Gasteiger partial charge in [-0.25, -0.2) is 14.6 Å². The SMILES string of the molecule is O=C(NCC1(c2ccc(C(F)(F)F)cc2)CCCCC1)c1cn(-c2ncccn2)nc1Cl. The standard InChI is InChI=1S/C22H21ClF3N5O/c23-18-17(13-31(30-18)20-27-11-4-12-28-20)19(32)29-14-21(9-2-1-3-10-21)15-5-7-16(8-6-15)22(24,25)26/h4-8,11-13H,1-3,9-10,14H2,(H,29,32). The maximum absolute atomic E-state index is 13.0. The quantitative estimate of drug-likeness (QED) is 0.580. The smallest absolute Gasteiger partial charge is 0.351 e. The lowest BCUT2D eigenvalue weighted by atomic mass is 9.69. The van der Waals surface area contributed by atoms with Crippen LogP contribution in [-0.4, -0.2) is 32.2 Å². The van der Waals surface area contributed by atoms with Crippen LogP contribution in [0.1, 0.15) is 53.6 Å². The molecule has 1 amide bonds. The van der Waals surface area contributed by atoms with E-state index in [1.807, 2.05) is 0 Å². The van der Waals surface area contributed by atoms with E-state index in [1.165, 1.54) is 23.0 Å². The van der Waals surface area contributed by atoms with Gasteiger partial charge < -0.3 is 5.32 Å². The minimum Gasteiger partial charge on any atom is -0.351 e. The molecule has 0 radical (unpaired) electrons. The largest absolute Gasteiger partial charge is 0.416 e. The van der Waals surface area contributed by atoms with Crippen molar-refractivity contribution >= 4 is 17.5 Å². The Hall–Kier alpha value is -2.94. The molecule has 1 aromatic carbocycles. The van der Waals surface area contributed by atoms with Gasteiger partial charge in [-0.1, -0.05) is 43.0 Å². The Labute approximate surface area is 187 Å². The Morgan fingerprint density at radius 1 is 1.09 bits per heavy atom. The Morgan fingerprint density at radius 3 is 2.38 bits per heavy atom. The third-order valence-corrected chi connectivity index (χ3v) is 6.17. The first kappa shape index (κ1) is 22.3. The van der Waals surface area contributed by atoms with Crippen LogP contribution in [0.25, 0.3) is 5.95 Å². The van der Waals surface area contributed by atoms with Gasteiger partial charge in [-0.3, -0.25) is 4.79 Å². The van der Waals surface area contributed by atoms with Crippen molar-refractivity contribution in [3.8, 4) is 5.95 Å². The van der Waals surface area contributed by atoms with Crippen LogP contribution in [0.2, 0.25) is 5.15 Å². The molecule has 0 atom stereocenters. The van der Waals surface area contributed by atoms with Crippen LogP contribution in [0, 0.1) is 0 Å². The van der Waals surface area contributed by atoms with Gasteiger partial charge in [-0.05, 0) is 36.6 Å². The molecule has 0 saturated heterocycles. The van der Waals surface area contributed by atoms with E-state index in [9.17, 15) is 18.0 Å². The number of amides is 1. The van der Waals surface area contributed by atoms with Gasteiger partial charge in [0, 0.05) is 30.6 Å². The molecule has 6 nitrogen and oxygen atoms in total. The zero-order chi connectivity index (χ0) is 22.8. The average Bonchev–Trinajstić information content (AvgIpc) is 3.20.